The third-order valence-electron chi connectivity index (χ3n) is 11.0. The molecule has 40 heavy (non-hydrogen) atoms. The number of fused-ring (bicyclic) bond motifs is 4. The Bertz CT molecular complexity index is 1280. The summed E-state index contributed by atoms with van der Waals surface area (Å²) in [6.45, 7) is 4.26. The number of benzene rings is 2. The Hall–Kier alpha value is -2.73. The van der Waals surface area contributed by atoms with Crippen molar-refractivity contribution in [2.45, 2.75) is 95.6 Å². The molecule has 2 heterocycles. The molecule has 3 fully saturated rings. The molecule has 1 amide bonds. The van der Waals surface area contributed by atoms with Gasteiger partial charge in [0.05, 0.1) is 23.8 Å². The number of nitrogens with one attached hydrogen (secondary N) is 1. The minimum Gasteiger partial charge on any atom is -0.394 e. The molecule has 0 radical (unpaired) electrons. The minimum atomic E-state index is -0.457. The minimum absolute atomic E-state index is 0.00312. The number of hydrogen-bond acceptors (Lipinski definition) is 4. The molecule has 6 heteroatoms. The van der Waals surface area contributed by atoms with E-state index in [1.165, 1.54) is 42.9 Å². The fourth-order valence-corrected chi connectivity index (χ4v) is 9.23. The Kier molecular flexibility index (Phi) is 7.27. The second kappa shape index (κ2) is 10.6. The molecule has 2 saturated carbocycles. The van der Waals surface area contributed by atoms with Crippen LogP contribution in [0.5, 0.6) is 0 Å². The van der Waals surface area contributed by atoms with Crippen molar-refractivity contribution in [3.8, 4) is 0 Å². The number of hydrogen-bond donors (Lipinski definition) is 2. The zero-order valence-electron chi connectivity index (χ0n) is 23.9. The summed E-state index contributed by atoms with van der Waals surface area (Å²) in [7, 11) is 0. The number of halogens is 1. The van der Waals surface area contributed by atoms with Crippen molar-refractivity contribution in [3.05, 3.63) is 65.0 Å². The average Bonchev–Trinajstić information content (AvgIpc) is 3.08. The average molecular weight is 547 g/mol. The van der Waals surface area contributed by atoms with Crippen LogP contribution >= 0.6 is 0 Å². The second-order valence-corrected chi connectivity index (χ2v) is 13.1. The van der Waals surface area contributed by atoms with Gasteiger partial charge < -0.3 is 15.3 Å². The lowest BCUT2D eigenvalue weighted by Gasteiger charge is -2.63. The summed E-state index contributed by atoms with van der Waals surface area (Å²) in [5, 5.41) is 15.0. The number of amides is 1. The van der Waals surface area contributed by atoms with E-state index in [2.05, 4.69) is 30.4 Å². The van der Waals surface area contributed by atoms with Gasteiger partial charge in [0.2, 0.25) is 5.91 Å². The van der Waals surface area contributed by atoms with Crippen LogP contribution in [0.4, 0.5) is 10.1 Å². The second-order valence-electron chi connectivity index (χ2n) is 13.1. The standard InChI is InChI=1S/C34H43FN2O3/c1-22-13-14-27-29(19-22)36-34(25-9-5-3-4-6-10-25)30(20-38)37(23(2)39)21-33(32(27)34)17-15-24(16-18-33)31(40)26-11-7-8-12-28(26)35/h7-8,11-14,19,24-25,30,32,36,38H,3-6,9-10,15-18,20-21H2,1-2H3. The smallest absolute Gasteiger partial charge is 0.219 e. The number of ketones is 1. The summed E-state index contributed by atoms with van der Waals surface area (Å²) in [6, 6.07) is 12.7. The Morgan fingerprint density at radius 3 is 2.38 bits per heavy atom. The van der Waals surface area contributed by atoms with Gasteiger partial charge in [-0.15, -0.1) is 0 Å². The van der Waals surface area contributed by atoms with Crippen LogP contribution < -0.4 is 5.32 Å². The maximum Gasteiger partial charge on any atom is 0.219 e. The summed E-state index contributed by atoms with van der Waals surface area (Å²) >= 11 is 0. The van der Waals surface area contributed by atoms with Gasteiger partial charge in [-0.3, -0.25) is 9.59 Å². The number of likely N-dealkylation sites (tertiary alicyclic amines) is 1. The Labute approximate surface area is 237 Å². The SMILES string of the molecule is CC(=O)N1CC2(CCC(C(=O)c3ccccc3F)CC2)C2c3ccc(C)cc3NC2(C2CCCCCC2)C1CO. The Balaban J connectivity index is 1.44. The number of aryl methyl sites for hydroxylation is 1. The van der Waals surface area contributed by atoms with Crippen molar-refractivity contribution in [1.82, 2.24) is 4.90 Å². The van der Waals surface area contributed by atoms with E-state index in [0.717, 1.165) is 31.4 Å². The van der Waals surface area contributed by atoms with Gasteiger partial charge >= 0.3 is 0 Å². The topological polar surface area (TPSA) is 69.6 Å². The molecule has 3 unspecified atom stereocenters. The molecular formula is C34H43FN2O3. The number of rotatable bonds is 4. The highest BCUT2D eigenvalue weighted by molar-refractivity contribution is 5.98. The maximum absolute atomic E-state index is 14.5. The molecule has 1 spiro atoms. The summed E-state index contributed by atoms with van der Waals surface area (Å²) in [5.41, 5.74) is 3.15. The lowest BCUT2D eigenvalue weighted by atomic mass is 9.50. The van der Waals surface area contributed by atoms with Crippen LogP contribution in [-0.4, -0.2) is 46.4 Å². The lowest BCUT2D eigenvalue weighted by molar-refractivity contribution is -0.148. The van der Waals surface area contributed by atoms with Crippen molar-refractivity contribution in [3.63, 3.8) is 0 Å². The number of carbonyl (C=O) groups excluding carboxylic acids is 2. The fourth-order valence-electron chi connectivity index (χ4n) is 9.23. The van der Waals surface area contributed by atoms with Crippen LogP contribution in [-0.2, 0) is 4.79 Å². The van der Waals surface area contributed by atoms with Gasteiger partial charge in [-0.2, -0.15) is 0 Å². The van der Waals surface area contributed by atoms with Crippen molar-refractivity contribution in [2.24, 2.45) is 17.3 Å². The largest absolute Gasteiger partial charge is 0.394 e. The van der Waals surface area contributed by atoms with Crippen LogP contribution in [0, 0.1) is 30.0 Å². The first kappa shape index (κ1) is 27.4. The third kappa shape index (κ3) is 4.29. The van der Waals surface area contributed by atoms with Crippen molar-refractivity contribution in [1.29, 1.82) is 0 Å². The molecule has 2 aliphatic carbocycles. The van der Waals surface area contributed by atoms with Gasteiger partial charge in [0, 0.05) is 31.0 Å². The highest BCUT2D eigenvalue weighted by Crippen LogP contribution is 2.65. The van der Waals surface area contributed by atoms with Gasteiger partial charge in [-0.1, -0.05) is 49.9 Å². The molecule has 6 rings (SSSR count). The number of anilines is 1. The molecule has 2 N–H and O–H groups in total. The molecule has 4 aliphatic rings. The molecule has 214 valence electrons. The van der Waals surface area contributed by atoms with Crippen LogP contribution in [0.2, 0.25) is 0 Å². The van der Waals surface area contributed by atoms with Crippen LogP contribution in [0.3, 0.4) is 0 Å². The number of aliphatic hydroxyl groups is 1. The molecular weight excluding hydrogens is 503 g/mol. The van der Waals surface area contributed by atoms with E-state index in [4.69, 9.17) is 0 Å². The number of aliphatic hydroxyl groups excluding tert-OH is 1. The van der Waals surface area contributed by atoms with Gasteiger partial charge in [0.15, 0.2) is 5.78 Å². The monoisotopic (exact) mass is 546 g/mol. The lowest BCUT2D eigenvalue weighted by Crippen LogP contribution is -2.73. The van der Waals surface area contributed by atoms with E-state index in [9.17, 15) is 19.1 Å². The fraction of sp³-hybridized carbons (Fsp3) is 0.588. The zero-order chi connectivity index (χ0) is 28.1. The van der Waals surface area contributed by atoms with Crippen LogP contribution in [0.25, 0.3) is 0 Å². The number of Topliss-reactive ketones (excluding diaryl/α,β-unsaturated/α-hetero) is 1. The van der Waals surface area contributed by atoms with Crippen LogP contribution in [0.15, 0.2) is 42.5 Å². The normalized spacial score (nSPS) is 32.2. The Morgan fingerprint density at radius 2 is 1.73 bits per heavy atom. The Morgan fingerprint density at radius 1 is 1.02 bits per heavy atom. The number of piperidine rings is 1. The highest BCUT2D eigenvalue weighted by Gasteiger charge is 2.67. The van der Waals surface area contributed by atoms with E-state index in [1.807, 2.05) is 4.90 Å². The molecule has 5 nitrogen and oxygen atoms in total. The first-order chi connectivity index (χ1) is 19.3. The molecule has 2 aromatic carbocycles. The molecule has 2 aliphatic heterocycles. The zero-order valence-corrected chi connectivity index (χ0v) is 23.9. The number of carbonyl (C=O) groups is 2. The van der Waals surface area contributed by atoms with Crippen molar-refractivity contribution in [2.75, 3.05) is 18.5 Å². The highest BCUT2D eigenvalue weighted by atomic mass is 19.1. The van der Waals surface area contributed by atoms with Gasteiger partial charge in [-0.25, -0.2) is 4.39 Å². The van der Waals surface area contributed by atoms with Crippen molar-refractivity contribution >= 4 is 17.4 Å². The molecule has 3 atom stereocenters. The van der Waals surface area contributed by atoms with E-state index in [0.29, 0.717) is 25.3 Å². The first-order valence-electron chi connectivity index (χ1n) is 15.4. The van der Waals surface area contributed by atoms with Crippen LogP contribution in [0.1, 0.15) is 98.5 Å². The molecule has 0 bridgehead atoms. The third-order valence-corrected chi connectivity index (χ3v) is 11.0. The molecule has 2 aromatic rings. The molecule has 1 saturated heterocycles. The first-order valence-corrected chi connectivity index (χ1v) is 15.4. The maximum atomic E-state index is 14.5. The quantitative estimate of drug-likeness (QED) is 0.333. The van der Waals surface area contributed by atoms with E-state index in [-0.39, 0.29) is 47.2 Å². The van der Waals surface area contributed by atoms with E-state index >= 15 is 0 Å². The van der Waals surface area contributed by atoms with E-state index < -0.39 is 11.4 Å². The molecule has 0 aromatic heterocycles. The van der Waals surface area contributed by atoms with Gasteiger partial charge in [0.25, 0.3) is 0 Å². The van der Waals surface area contributed by atoms with Gasteiger partial charge in [0.1, 0.15) is 5.82 Å². The number of nitrogens with zero attached hydrogens (tertiary/aromatic N) is 1. The predicted octanol–water partition coefficient (Wildman–Crippen LogP) is 6.63. The summed E-state index contributed by atoms with van der Waals surface area (Å²) in [5.74, 6) is -0.296. The van der Waals surface area contributed by atoms with Gasteiger partial charge in [-0.05, 0) is 86.1 Å². The summed E-state index contributed by atoms with van der Waals surface area (Å²) in [6.07, 6.45) is 9.93. The van der Waals surface area contributed by atoms with E-state index in [1.54, 1.807) is 25.1 Å². The summed E-state index contributed by atoms with van der Waals surface area (Å²) < 4.78 is 14.5. The summed E-state index contributed by atoms with van der Waals surface area (Å²) in [4.78, 5) is 28.7. The predicted molar refractivity (Wildman–Crippen MR) is 155 cm³/mol. The van der Waals surface area contributed by atoms with Crippen molar-refractivity contribution < 1.29 is 19.1 Å².